The summed E-state index contributed by atoms with van der Waals surface area (Å²) < 4.78 is 7.52. The van der Waals surface area contributed by atoms with Gasteiger partial charge in [-0.25, -0.2) is 4.79 Å². The zero-order valence-corrected chi connectivity index (χ0v) is 19.2. The van der Waals surface area contributed by atoms with Crippen molar-refractivity contribution in [3.05, 3.63) is 71.4 Å². The van der Waals surface area contributed by atoms with Crippen LogP contribution in [0.25, 0.3) is 10.9 Å². The lowest BCUT2D eigenvalue weighted by Gasteiger charge is -2.32. The van der Waals surface area contributed by atoms with Crippen LogP contribution in [-0.4, -0.2) is 39.7 Å². The van der Waals surface area contributed by atoms with Crippen LogP contribution in [0.5, 0.6) is 0 Å². The van der Waals surface area contributed by atoms with E-state index in [-0.39, 0.29) is 5.91 Å². The van der Waals surface area contributed by atoms with Crippen LogP contribution < -0.4 is 5.32 Å². The summed E-state index contributed by atoms with van der Waals surface area (Å²) in [5, 5.41) is 3.94. The number of amides is 2. The second-order valence-corrected chi connectivity index (χ2v) is 9.46. The molecule has 4 rings (SSSR count). The van der Waals surface area contributed by atoms with Crippen LogP contribution in [0.4, 0.5) is 4.79 Å². The Hall–Kier alpha value is -3.28. The molecule has 1 N–H and O–H groups in total. The Balaban J connectivity index is 1.60. The molecule has 32 heavy (non-hydrogen) atoms. The van der Waals surface area contributed by atoms with Gasteiger partial charge in [0.05, 0.1) is 0 Å². The molecule has 0 aliphatic carbocycles. The van der Waals surface area contributed by atoms with Gasteiger partial charge in [-0.15, -0.1) is 0 Å². The zero-order chi connectivity index (χ0) is 22.9. The molecule has 2 heterocycles. The first-order valence-corrected chi connectivity index (χ1v) is 11.1. The van der Waals surface area contributed by atoms with Gasteiger partial charge >= 0.3 is 6.09 Å². The van der Waals surface area contributed by atoms with E-state index in [0.717, 1.165) is 28.5 Å². The molecular weight excluding hydrogens is 402 g/mol. The molecule has 6 heteroatoms. The second kappa shape index (κ2) is 8.69. The molecule has 0 bridgehead atoms. The number of hydrogen-bond acceptors (Lipinski definition) is 3. The molecule has 3 aromatic rings. The molecule has 6 nitrogen and oxygen atoms in total. The van der Waals surface area contributed by atoms with Crippen molar-refractivity contribution < 1.29 is 14.3 Å². The third kappa shape index (κ3) is 4.79. The van der Waals surface area contributed by atoms with Crippen molar-refractivity contribution in [3.63, 3.8) is 0 Å². The number of alkyl carbamates (subject to hydrolysis) is 1. The highest BCUT2D eigenvalue weighted by atomic mass is 16.6. The van der Waals surface area contributed by atoms with Crippen LogP contribution in [0.2, 0.25) is 0 Å². The fourth-order valence-electron chi connectivity index (χ4n) is 4.36. The van der Waals surface area contributed by atoms with Crippen LogP contribution in [0.1, 0.15) is 37.5 Å². The maximum atomic E-state index is 13.6. The van der Waals surface area contributed by atoms with E-state index in [1.54, 1.807) is 0 Å². The predicted octanol–water partition coefficient (Wildman–Crippen LogP) is 4.20. The van der Waals surface area contributed by atoms with E-state index in [1.165, 1.54) is 5.56 Å². The Bertz CT molecular complexity index is 1140. The fourth-order valence-corrected chi connectivity index (χ4v) is 4.36. The monoisotopic (exact) mass is 433 g/mol. The fraction of sp³-hybridized carbons (Fsp3) is 0.385. The van der Waals surface area contributed by atoms with Crippen molar-refractivity contribution in [2.24, 2.45) is 7.05 Å². The molecule has 1 aromatic heterocycles. The molecule has 1 aliphatic heterocycles. The average Bonchev–Trinajstić information content (AvgIpc) is 3.06. The van der Waals surface area contributed by atoms with Gasteiger partial charge in [-0.3, -0.25) is 4.79 Å². The molecule has 0 radical (unpaired) electrons. The minimum absolute atomic E-state index is 0.0849. The average molecular weight is 434 g/mol. The lowest BCUT2D eigenvalue weighted by Crippen LogP contribution is -2.51. The Morgan fingerprint density at radius 3 is 2.50 bits per heavy atom. The number of nitrogens with zero attached hydrogens (tertiary/aromatic N) is 2. The number of carbonyl (C=O) groups excluding carboxylic acids is 2. The molecule has 1 atom stereocenters. The molecule has 2 amide bonds. The topological polar surface area (TPSA) is 63.6 Å². The number of carbonyl (C=O) groups is 2. The summed E-state index contributed by atoms with van der Waals surface area (Å²) in [6, 6.07) is 15.6. The summed E-state index contributed by atoms with van der Waals surface area (Å²) in [7, 11) is 1.99. The van der Waals surface area contributed by atoms with Gasteiger partial charge in [-0.1, -0.05) is 42.5 Å². The lowest BCUT2D eigenvalue weighted by atomic mass is 9.98. The summed E-state index contributed by atoms with van der Waals surface area (Å²) in [6.07, 6.45) is 2.67. The molecule has 1 aliphatic rings. The van der Waals surface area contributed by atoms with E-state index in [9.17, 15) is 9.59 Å². The second-order valence-electron chi connectivity index (χ2n) is 9.46. The molecule has 0 saturated heterocycles. The SMILES string of the molecule is Cn1cc(C[C@H](NC(=O)OC(C)(C)C)C(=O)N2CCc3ccccc3C2)c2ccccc21. The Labute approximate surface area is 189 Å². The van der Waals surface area contributed by atoms with Crippen LogP contribution in [0.3, 0.4) is 0 Å². The van der Waals surface area contributed by atoms with Crippen molar-refractivity contribution in [2.45, 2.75) is 51.8 Å². The van der Waals surface area contributed by atoms with Crippen LogP contribution in [-0.2, 0) is 36.0 Å². The number of aryl methyl sites for hydroxylation is 1. The maximum Gasteiger partial charge on any atom is 0.408 e. The summed E-state index contributed by atoms with van der Waals surface area (Å²) in [5.74, 6) is -0.0849. The molecule has 0 saturated carbocycles. The molecule has 168 valence electrons. The van der Waals surface area contributed by atoms with Crippen LogP contribution in [0, 0.1) is 0 Å². The van der Waals surface area contributed by atoms with E-state index in [4.69, 9.17) is 4.74 Å². The number of hydrogen-bond donors (Lipinski definition) is 1. The predicted molar refractivity (Wildman–Crippen MR) is 125 cm³/mol. The quantitative estimate of drug-likeness (QED) is 0.671. The number of rotatable bonds is 4. The first kappa shape index (κ1) is 21.9. The summed E-state index contributed by atoms with van der Waals surface area (Å²) in [4.78, 5) is 28.1. The maximum absolute atomic E-state index is 13.6. The van der Waals surface area contributed by atoms with E-state index in [2.05, 4.69) is 34.1 Å². The molecular formula is C26H31N3O3. The molecule has 2 aromatic carbocycles. The number of fused-ring (bicyclic) bond motifs is 2. The third-order valence-electron chi connectivity index (χ3n) is 5.83. The Kier molecular flexibility index (Phi) is 5.96. The van der Waals surface area contributed by atoms with Crippen molar-refractivity contribution in [1.82, 2.24) is 14.8 Å². The van der Waals surface area contributed by atoms with Crippen molar-refractivity contribution >= 4 is 22.9 Å². The largest absolute Gasteiger partial charge is 0.444 e. The highest BCUT2D eigenvalue weighted by Gasteiger charge is 2.31. The lowest BCUT2D eigenvalue weighted by molar-refractivity contribution is -0.134. The van der Waals surface area contributed by atoms with Gasteiger partial charge in [0.2, 0.25) is 5.91 Å². The molecule has 0 unspecified atom stereocenters. The van der Waals surface area contributed by atoms with Gasteiger partial charge in [-0.2, -0.15) is 0 Å². The first-order valence-electron chi connectivity index (χ1n) is 11.1. The third-order valence-corrected chi connectivity index (χ3v) is 5.83. The zero-order valence-electron chi connectivity index (χ0n) is 19.2. The van der Waals surface area contributed by atoms with E-state index < -0.39 is 17.7 Å². The number of aromatic nitrogens is 1. The van der Waals surface area contributed by atoms with Crippen LogP contribution >= 0.6 is 0 Å². The van der Waals surface area contributed by atoms with Gasteiger partial charge in [0.15, 0.2) is 0 Å². The molecule has 0 fully saturated rings. The van der Waals surface area contributed by atoms with Gasteiger partial charge in [0.25, 0.3) is 0 Å². The van der Waals surface area contributed by atoms with Gasteiger partial charge in [0, 0.05) is 43.7 Å². The smallest absolute Gasteiger partial charge is 0.408 e. The summed E-state index contributed by atoms with van der Waals surface area (Å²) in [5.41, 5.74) is 3.92. The van der Waals surface area contributed by atoms with E-state index >= 15 is 0 Å². The van der Waals surface area contributed by atoms with Crippen molar-refractivity contribution in [3.8, 4) is 0 Å². The highest BCUT2D eigenvalue weighted by molar-refractivity contribution is 5.89. The van der Waals surface area contributed by atoms with Crippen LogP contribution in [0.15, 0.2) is 54.7 Å². The number of para-hydroxylation sites is 1. The Morgan fingerprint density at radius 1 is 1.06 bits per heavy atom. The minimum Gasteiger partial charge on any atom is -0.444 e. The van der Waals surface area contributed by atoms with Gasteiger partial charge < -0.3 is 19.5 Å². The van der Waals surface area contributed by atoms with Gasteiger partial charge in [0.1, 0.15) is 11.6 Å². The van der Waals surface area contributed by atoms with E-state index in [1.807, 2.05) is 63.2 Å². The first-order chi connectivity index (χ1) is 15.2. The van der Waals surface area contributed by atoms with Crippen molar-refractivity contribution in [2.75, 3.05) is 6.54 Å². The Morgan fingerprint density at radius 2 is 1.75 bits per heavy atom. The van der Waals surface area contributed by atoms with Gasteiger partial charge in [-0.05, 0) is 49.9 Å². The van der Waals surface area contributed by atoms with E-state index in [0.29, 0.717) is 19.5 Å². The molecule has 0 spiro atoms. The standard InChI is InChI=1S/C26H31N3O3/c1-26(2,3)32-25(31)27-22(15-20-16-28(4)23-12-8-7-11-21(20)23)24(30)29-14-13-18-9-5-6-10-19(18)17-29/h5-12,16,22H,13-15,17H2,1-4H3,(H,27,31)/t22-/m0/s1. The normalized spacial score (nSPS) is 14.7. The van der Waals surface area contributed by atoms with Crippen molar-refractivity contribution in [1.29, 1.82) is 0 Å². The minimum atomic E-state index is -0.707. The highest BCUT2D eigenvalue weighted by Crippen LogP contribution is 2.24. The summed E-state index contributed by atoms with van der Waals surface area (Å²) in [6.45, 7) is 6.63. The number of benzene rings is 2. The number of ether oxygens (including phenoxy) is 1. The summed E-state index contributed by atoms with van der Waals surface area (Å²) >= 11 is 0. The number of nitrogens with one attached hydrogen (secondary N) is 1.